The molecule has 0 saturated carbocycles. The second-order valence-corrected chi connectivity index (χ2v) is 5.77. The second kappa shape index (κ2) is 6.00. The normalized spacial score (nSPS) is 11.0. The first-order valence-corrected chi connectivity index (χ1v) is 7.65. The fourth-order valence-electron chi connectivity index (χ4n) is 2.80. The third-order valence-corrected chi connectivity index (χ3v) is 4.20. The summed E-state index contributed by atoms with van der Waals surface area (Å²) in [6.45, 7) is 6.70. The lowest BCUT2D eigenvalue weighted by Crippen LogP contribution is -2.15. The minimum Gasteiger partial charge on any atom is -0.465 e. The SMILES string of the molecule is Cc1oc(C)c(C(=O)OCC(=O)c2oc3ccccc3c2C)c1C. The van der Waals surface area contributed by atoms with Gasteiger partial charge in [0.25, 0.3) is 0 Å². The van der Waals surface area contributed by atoms with Crippen LogP contribution in [0, 0.1) is 27.7 Å². The molecule has 0 spiro atoms. The molecule has 0 bridgehead atoms. The van der Waals surface area contributed by atoms with Gasteiger partial charge in [-0.25, -0.2) is 4.79 Å². The average molecular weight is 326 g/mol. The van der Waals surface area contributed by atoms with E-state index in [9.17, 15) is 9.59 Å². The molecule has 5 heteroatoms. The number of esters is 1. The van der Waals surface area contributed by atoms with Gasteiger partial charge in [-0.1, -0.05) is 18.2 Å². The Morgan fingerprint density at radius 3 is 2.29 bits per heavy atom. The van der Waals surface area contributed by atoms with Gasteiger partial charge >= 0.3 is 5.97 Å². The van der Waals surface area contributed by atoms with Gasteiger partial charge in [-0.15, -0.1) is 0 Å². The molecule has 0 amide bonds. The number of carbonyl (C=O) groups excluding carboxylic acids is 2. The molecule has 0 aliphatic rings. The maximum absolute atomic E-state index is 12.4. The van der Waals surface area contributed by atoms with E-state index in [2.05, 4.69) is 0 Å². The van der Waals surface area contributed by atoms with Crippen molar-refractivity contribution < 1.29 is 23.2 Å². The number of fused-ring (bicyclic) bond motifs is 1. The number of rotatable bonds is 4. The van der Waals surface area contributed by atoms with E-state index in [1.54, 1.807) is 26.8 Å². The van der Waals surface area contributed by atoms with E-state index in [0.29, 0.717) is 22.7 Å². The van der Waals surface area contributed by atoms with Crippen molar-refractivity contribution in [2.45, 2.75) is 27.7 Å². The van der Waals surface area contributed by atoms with Crippen molar-refractivity contribution in [3.05, 3.63) is 58.2 Å². The molecule has 1 aromatic carbocycles. The standard InChI is InChI=1S/C19H18O5/c1-10-12(3)23-13(4)17(10)19(21)22-9-15(20)18-11(2)14-7-5-6-8-16(14)24-18/h5-8H,9H2,1-4H3. The largest absolute Gasteiger partial charge is 0.465 e. The maximum Gasteiger partial charge on any atom is 0.342 e. The topological polar surface area (TPSA) is 69.7 Å². The number of ether oxygens (including phenoxy) is 1. The highest BCUT2D eigenvalue weighted by atomic mass is 16.5. The summed E-state index contributed by atoms with van der Waals surface area (Å²) in [5.41, 5.74) is 2.49. The minimum absolute atomic E-state index is 0.223. The van der Waals surface area contributed by atoms with Crippen LogP contribution in [0.4, 0.5) is 0 Å². The number of carbonyl (C=O) groups is 2. The van der Waals surface area contributed by atoms with Gasteiger partial charge in [-0.3, -0.25) is 4.79 Å². The molecule has 0 saturated heterocycles. The van der Waals surface area contributed by atoms with E-state index < -0.39 is 5.97 Å². The molecular formula is C19H18O5. The smallest absolute Gasteiger partial charge is 0.342 e. The fraction of sp³-hybridized carbons (Fsp3) is 0.263. The lowest BCUT2D eigenvalue weighted by Gasteiger charge is -2.03. The molecule has 3 aromatic rings. The molecule has 2 aromatic heterocycles. The first-order valence-electron chi connectivity index (χ1n) is 7.65. The second-order valence-electron chi connectivity index (χ2n) is 5.77. The van der Waals surface area contributed by atoms with E-state index in [1.807, 2.05) is 25.1 Å². The fourth-order valence-corrected chi connectivity index (χ4v) is 2.80. The maximum atomic E-state index is 12.4. The molecule has 0 atom stereocenters. The van der Waals surface area contributed by atoms with Gasteiger partial charge in [0.15, 0.2) is 12.4 Å². The van der Waals surface area contributed by atoms with Gasteiger partial charge in [0, 0.05) is 16.5 Å². The van der Waals surface area contributed by atoms with Crippen molar-refractivity contribution in [3.63, 3.8) is 0 Å². The van der Waals surface area contributed by atoms with E-state index >= 15 is 0 Å². The first kappa shape index (κ1) is 16.1. The Hall–Kier alpha value is -2.82. The van der Waals surface area contributed by atoms with E-state index in [4.69, 9.17) is 13.6 Å². The van der Waals surface area contributed by atoms with Crippen molar-refractivity contribution in [1.82, 2.24) is 0 Å². The number of furan rings is 2. The first-order chi connectivity index (χ1) is 11.4. The van der Waals surface area contributed by atoms with Crippen LogP contribution in [-0.2, 0) is 4.74 Å². The molecular weight excluding hydrogens is 308 g/mol. The molecule has 24 heavy (non-hydrogen) atoms. The lowest BCUT2D eigenvalue weighted by atomic mass is 10.1. The highest BCUT2D eigenvalue weighted by Gasteiger charge is 2.23. The Kier molecular flexibility index (Phi) is 4.01. The van der Waals surface area contributed by atoms with Gasteiger partial charge in [0.1, 0.15) is 22.7 Å². The van der Waals surface area contributed by atoms with Gasteiger partial charge in [-0.05, 0) is 33.8 Å². The summed E-state index contributed by atoms with van der Waals surface area (Å²) in [7, 11) is 0. The van der Waals surface area contributed by atoms with Crippen molar-refractivity contribution in [3.8, 4) is 0 Å². The van der Waals surface area contributed by atoms with E-state index in [0.717, 1.165) is 16.5 Å². The summed E-state index contributed by atoms with van der Waals surface area (Å²) < 4.78 is 16.2. The monoisotopic (exact) mass is 326 g/mol. The Bertz CT molecular complexity index is 942. The van der Waals surface area contributed by atoms with Crippen molar-refractivity contribution in [2.24, 2.45) is 0 Å². The molecule has 5 nitrogen and oxygen atoms in total. The number of para-hydroxylation sites is 1. The number of benzene rings is 1. The van der Waals surface area contributed by atoms with Crippen LogP contribution in [0.15, 0.2) is 33.1 Å². The van der Waals surface area contributed by atoms with Gasteiger partial charge in [-0.2, -0.15) is 0 Å². The number of Topliss-reactive ketones (excluding diaryl/α,β-unsaturated/α-hetero) is 1. The highest BCUT2D eigenvalue weighted by Crippen LogP contribution is 2.26. The van der Waals surface area contributed by atoms with Crippen molar-refractivity contribution in [2.75, 3.05) is 6.61 Å². The third-order valence-electron chi connectivity index (χ3n) is 4.20. The molecule has 0 N–H and O–H groups in total. The summed E-state index contributed by atoms with van der Waals surface area (Å²) in [5.74, 6) is 0.443. The summed E-state index contributed by atoms with van der Waals surface area (Å²) in [5, 5.41) is 0.879. The summed E-state index contributed by atoms with van der Waals surface area (Å²) in [6, 6.07) is 7.41. The summed E-state index contributed by atoms with van der Waals surface area (Å²) >= 11 is 0. The van der Waals surface area contributed by atoms with Crippen LogP contribution in [-0.4, -0.2) is 18.4 Å². The predicted molar refractivity (Wildman–Crippen MR) is 88.5 cm³/mol. The van der Waals surface area contributed by atoms with Crippen LogP contribution >= 0.6 is 0 Å². The molecule has 0 unspecified atom stereocenters. The highest BCUT2D eigenvalue weighted by molar-refractivity contribution is 6.02. The molecule has 3 rings (SSSR count). The van der Waals surface area contributed by atoms with Gasteiger partial charge in [0.05, 0.1) is 0 Å². The van der Waals surface area contributed by atoms with E-state index in [-0.39, 0.29) is 18.2 Å². The molecule has 2 heterocycles. The van der Waals surface area contributed by atoms with Crippen LogP contribution in [0.25, 0.3) is 11.0 Å². The molecule has 0 fully saturated rings. The van der Waals surface area contributed by atoms with Crippen LogP contribution in [0.1, 0.15) is 43.6 Å². The van der Waals surface area contributed by atoms with Crippen molar-refractivity contribution >= 4 is 22.7 Å². The van der Waals surface area contributed by atoms with Crippen molar-refractivity contribution in [1.29, 1.82) is 0 Å². The van der Waals surface area contributed by atoms with Crippen LogP contribution < -0.4 is 0 Å². The van der Waals surface area contributed by atoms with Crippen LogP contribution in [0.3, 0.4) is 0 Å². The van der Waals surface area contributed by atoms with Crippen LogP contribution in [0.2, 0.25) is 0 Å². The van der Waals surface area contributed by atoms with Gasteiger partial charge in [0.2, 0.25) is 5.78 Å². The zero-order valence-corrected chi connectivity index (χ0v) is 14.1. The summed E-state index contributed by atoms with van der Waals surface area (Å²) in [4.78, 5) is 24.6. The molecule has 0 aliphatic carbocycles. The third kappa shape index (κ3) is 2.62. The lowest BCUT2D eigenvalue weighted by molar-refractivity contribution is 0.0465. The average Bonchev–Trinajstić information content (AvgIpc) is 3.02. The quantitative estimate of drug-likeness (QED) is 0.528. The molecule has 124 valence electrons. The van der Waals surface area contributed by atoms with Crippen LogP contribution in [0.5, 0.6) is 0 Å². The summed E-state index contributed by atoms with van der Waals surface area (Å²) in [6.07, 6.45) is 0. The Morgan fingerprint density at radius 2 is 1.67 bits per heavy atom. The number of hydrogen-bond acceptors (Lipinski definition) is 5. The zero-order chi connectivity index (χ0) is 17.4. The molecule has 0 aliphatic heterocycles. The number of ketones is 1. The van der Waals surface area contributed by atoms with Gasteiger partial charge < -0.3 is 13.6 Å². The Morgan fingerprint density at radius 1 is 0.958 bits per heavy atom. The minimum atomic E-state index is -0.566. The number of hydrogen-bond donors (Lipinski definition) is 0. The zero-order valence-electron chi connectivity index (χ0n) is 14.1. The molecule has 0 radical (unpaired) electrons. The number of aryl methyl sites for hydroxylation is 3. The Balaban J connectivity index is 1.77. The predicted octanol–water partition coefficient (Wildman–Crippen LogP) is 4.30. The van der Waals surface area contributed by atoms with E-state index in [1.165, 1.54) is 0 Å². The Labute approximate surface area is 139 Å².